The quantitative estimate of drug-likeness (QED) is 0.597. The number of hydrogen-bond donors (Lipinski definition) is 3. The molecule has 1 saturated carbocycles. The number of aliphatic hydroxyl groups excluding tert-OH is 1. The Morgan fingerprint density at radius 3 is 2.57 bits per heavy atom. The van der Waals surface area contributed by atoms with Crippen molar-refractivity contribution in [1.29, 1.82) is 0 Å². The number of aliphatic hydroxyl groups is 1. The molecule has 7 heteroatoms. The molecule has 3 rings (SSSR count). The lowest BCUT2D eigenvalue weighted by atomic mass is 9.73. The van der Waals surface area contributed by atoms with Crippen LogP contribution in [0.15, 0.2) is 48.5 Å². The van der Waals surface area contributed by atoms with Crippen molar-refractivity contribution in [3.63, 3.8) is 0 Å². The van der Waals surface area contributed by atoms with Gasteiger partial charge < -0.3 is 15.7 Å². The van der Waals surface area contributed by atoms with Gasteiger partial charge in [0, 0.05) is 18.3 Å². The molecular formula is C23H26ClFN2O3. The lowest BCUT2D eigenvalue weighted by Crippen LogP contribution is -2.47. The normalized spacial score (nSPS) is 21.1. The van der Waals surface area contributed by atoms with Crippen molar-refractivity contribution in [1.82, 2.24) is 5.32 Å². The van der Waals surface area contributed by atoms with E-state index in [1.165, 1.54) is 17.7 Å². The van der Waals surface area contributed by atoms with Crippen LogP contribution in [-0.2, 0) is 9.59 Å². The molecule has 0 aromatic heterocycles. The highest BCUT2D eigenvalue weighted by Gasteiger charge is 2.33. The average Bonchev–Trinajstić information content (AvgIpc) is 2.76. The summed E-state index contributed by atoms with van der Waals surface area (Å²) < 4.78 is 13.5. The Labute approximate surface area is 180 Å². The second kappa shape index (κ2) is 10.5. The largest absolute Gasteiger partial charge is 0.396 e. The Balaban J connectivity index is 1.62. The molecule has 0 aliphatic heterocycles. The molecule has 2 amide bonds. The van der Waals surface area contributed by atoms with E-state index < -0.39 is 17.6 Å². The molecule has 2 aromatic rings. The number of nitrogens with one attached hydrogen (secondary N) is 2. The zero-order chi connectivity index (χ0) is 21.5. The molecule has 0 bridgehead atoms. The van der Waals surface area contributed by atoms with E-state index in [0.717, 1.165) is 31.7 Å². The minimum atomic E-state index is -0.845. The van der Waals surface area contributed by atoms with Crippen LogP contribution >= 0.6 is 11.6 Å². The van der Waals surface area contributed by atoms with E-state index in [0.29, 0.717) is 12.3 Å². The third-order valence-corrected chi connectivity index (χ3v) is 5.99. The van der Waals surface area contributed by atoms with Crippen LogP contribution in [0.4, 0.5) is 10.1 Å². The summed E-state index contributed by atoms with van der Waals surface area (Å²) in [7, 11) is 0. The van der Waals surface area contributed by atoms with Crippen molar-refractivity contribution < 1.29 is 19.1 Å². The second-order valence-corrected chi connectivity index (χ2v) is 8.12. The summed E-state index contributed by atoms with van der Waals surface area (Å²) in [5, 5.41) is 14.4. The minimum absolute atomic E-state index is 0.0562. The summed E-state index contributed by atoms with van der Waals surface area (Å²) in [4.78, 5) is 24.7. The number of carbonyl (C=O) groups excluding carboxylic acids is 2. The summed E-state index contributed by atoms with van der Waals surface area (Å²) >= 11 is 5.64. The van der Waals surface area contributed by atoms with Gasteiger partial charge in [-0.15, -0.1) is 0 Å². The maximum atomic E-state index is 13.5. The third-order valence-electron chi connectivity index (χ3n) is 5.69. The highest BCUT2D eigenvalue weighted by molar-refractivity contribution is 6.39. The average molecular weight is 433 g/mol. The highest BCUT2D eigenvalue weighted by atomic mass is 35.5. The maximum absolute atomic E-state index is 13.5. The lowest BCUT2D eigenvalue weighted by Gasteiger charge is -2.37. The van der Waals surface area contributed by atoms with Crippen LogP contribution in [-0.4, -0.2) is 29.6 Å². The standard InChI is InChI=1S/C23H26ClFN2O3/c24-19-10-9-18(14-20(19)25)26-22(29)23(30)27-21-11-8-16(13-17(21)7-4-12-28)15-5-2-1-3-6-15/h1-3,5-6,9-10,14,16-17,21,28H,4,7-8,11-13H2,(H,26,29)(H,27,30). The van der Waals surface area contributed by atoms with Gasteiger partial charge in [-0.1, -0.05) is 41.9 Å². The highest BCUT2D eigenvalue weighted by Crippen LogP contribution is 2.38. The molecule has 160 valence electrons. The van der Waals surface area contributed by atoms with Crippen LogP contribution in [0.5, 0.6) is 0 Å². The van der Waals surface area contributed by atoms with Crippen molar-refractivity contribution in [2.75, 3.05) is 11.9 Å². The maximum Gasteiger partial charge on any atom is 0.313 e. The van der Waals surface area contributed by atoms with Crippen LogP contribution < -0.4 is 10.6 Å². The van der Waals surface area contributed by atoms with Gasteiger partial charge in [-0.2, -0.15) is 0 Å². The molecular weight excluding hydrogens is 407 g/mol. The smallest absolute Gasteiger partial charge is 0.313 e. The van der Waals surface area contributed by atoms with E-state index in [-0.39, 0.29) is 29.3 Å². The van der Waals surface area contributed by atoms with Crippen LogP contribution in [0.25, 0.3) is 0 Å². The third kappa shape index (κ3) is 5.80. The van der Waals surface area contributed by atoms with Gasteiger partial charge in [0.1, 0.15) is 5.82 Å². The Hall–Kier alpha value is -2.44. The molecule has 3 atom stereocenters. The number of halogens is 2. The summed E-state index contributed by atoms with van der Waals surface area (Å²) in [6.45, 7) is 0.0930. The van der Waals surface area contributed by atoms with Gasteiger partial charge in [0.15, 0.2) is 0 Å². The number of hydrogen-bond acceptors (Lipinski definition) is 3. The zero-order valence-electron chi connectivity index (χ0n) is 16.6. The van der Waals surface area contributed by atoms with Crippen LogP contribution in [0.2, 0.25) is 5.02 Å². The van der Waals surface area contributed by atoms with Gasteiger partial charge in [0.25, 0.3) is 0 Å². The van der Waals surface area contributed by atoms with Crippen molar-refractivity contribution in [2.24, 2.45) is 5.92 Å². The number of benzene rings is 2. The molecule has 1 fully saturated rings. The molecule has 3 unspecified atom stereocenters. The molecule has 1 aliphatic carbocycles. The molecule has 1 aliphatic rings. The van der Waals surface area contributed by atoms with Gasteiger partial charge in [-0.05, 0) is 67.7 Å². The van der Waals surface area contributed by atoms with E-state index >= 15 is 0 Å². The van der Waals surface area contributed by atoms with Gasteiger partial charge in [0.05, 0.1) is 5.02 Å². The Morgan fingerprint density at radius 1 is 1.10 bits per heavy atom. The van der Waals surface area contributed by atoms with E-state index in [2.05, 4.69) is 22.8 Å². The van der Waals surface area contributed by atoms with Gasteiger partial charge >= 0.3 is 11.8 Å². The van der Waals surface area contributed by atoms with E-state index in [9.17, 15) is 19.1 Å². The van der Waals surface area contributed by atoms with Gasteiger partial charge in [-0.3, -0.25) is 9.59 Å². The molecule has 2 aromatic carbocycles. The van der Waals surface area contributed by atoms with E-state index in [4.69, 9.17) is 11.6 Å². The number of carbonyl (C=O) groups is 2. The van der Waals surface area contributed by atoms with Crippen molar-refractivity contribution in [2.45, 2.75) is 44.1 Å². The summed E-state index contributed by atoms with van der Waals surface area (Å²) in [5.74, 6) is -1.70. The summed E-state index contributed by atoms with van der Waals surface area (Å²) in [6.07, 6.45) is 3.97. The Morgan fingerprint density at radius 2 is 1.87 bits per heavy atom. The van der Waals surface area contributed by atoms with E-state index in [1.54, 1.807) is 0 Å². The predicted molar refractivity (Wildman–Crippen MR) is 115 cm³/mol. The minimum Gasteiger partial charge on any atom is -0.396 e. The van der Waals surface area contributed by atoms with Crippen LogP contribution in [0.1, 0.15) is 43.6 Å². The molecule has 3 N–H and O–H groups in total. The fraction of sp³-hybridized carbons (Fsp3) is 0.391. The molecule has 0 spiro atoms. The Kier molecular flexibility index (Phi) is 7.82. The van der Waals surface area contributed by atoms with Crippen LogP contribution in [0, 0.1) is 11.7 Å². The molecule has 0 radical (unpaired) electrons. The van der Waals surface area contributed by atoms with E-state index in [1.807, 2.05) is 18.2 Å². The summed E-state index contributed by atoms with van der Waals surface area (Å²) in [6, 6.07) is 14.0. The first-order valence-electron chi connectivity index (χ1n) is 10.2. The zero-order valence-corrected chi connectivity index (χ0v) is 17.4. The molecule has 0 saturated heterocycles. The van der Waals surface area contributed by atoms with Gasteiger partial charge in [-0.25, -0.2) is 4.39 Å². The monoisotopic (exact) mass is 432 g/mol. The molecule has 0 heterocycles. The molecule has 5 nitrogen and oxygen atoms in total. The van der Waals surface area contributed by atoms with Crippen molar-refractivity contribution in [3.8, 4) is 0 Å². The first kappa shape index (κ1) is 22.2. The number of amides is 2. The summed E-state index contributed by atoms with van der Waals surface area (Å²) in [5.41, 5.74) is 1.44. The Bertz CT molecular complexity index is 878. The first-order valence-corrected chi connectivity index (χ1v) is 10.6. The van der Waals surface area contributed by atoms with Gasteiger partial charge in [0.2, 0.25) is 0 Å². The SMILES string of the molecule is O=C(Nc1ccc(Cl)c(F)c1)C(=O)NC1CCC(c2ccccc2)CC1CCCO. The predicted octanol–water partition coefficient (Wildman–Crippen LogP) is 4.26. The topological polar surface area (TPSA) is 78.4 Å². The number of anilines is 1. The van der Waals surface area contributed by atoms with Crippen LogP contribution in [0.3, 0.4) is 0 Å². The second-order valence-electron chi connectivity index (χ2n) is 7.71. The van der Waals surface area contributed by atoms with Crippen molar-refractivity contribution in [3.05, 3.63) is 64.9 Å². The number of rotatable bonds is 6. The fourth-order valence-electron chi connectivity index (χ4n) is 4.15. The lowest BCUT2D eigenvalue weighted by molar-refractivity contribution is -0.137. The first-order chi connectivity index (χ1) is 14.5. The molecule has 30 heavy (non-hydrogen) atoms. The van der Waals surface area contributed by atoms with Crippen molar-refractivity contribution >= 4 is 29.1 Å². The fourth-order valence-corrected chi connectivity index (χ4v) is 4.27.